The second kappa shape index (κ2) is 4.73. The monoisotopic (exact) mass is 298 g/mol. The molecule has 0 saturated heterocycles. The lowest BCUT2D eigenvalue weighted by Crippen LogP contribution is -2.02. The van der Waals surface area contributed by atoms with Crippen LogP contribution in [0.15, 0.2) is 42.5 Å². The number of hydrogen-bond acceptors (Lipinski definition) is 5. The summed E-state index contributed by atoms with van der Waals surface area (Å²) < 4.78 is 25.1. The number of ether oxygens (including phenoxy) is 2. The summed E-state index contributed by atoms with van der Waals surface area (Å²) in [6.45, 7) is 0.205. The van der Waals surface area contributed by atoms with Crippen molar-refractivity contribution in [1.29, 1.82) is 0 Å². The third-order valence-electron chi connectivity index (χ3n) is 3.42. The Balaban J connectivity index is 1.76. The van der Waals surface area contributed by atoms with Crippen LogP contribution in [0.5, 0.6) is 11.5 Å². The van der Waals surface area contributed by atoms with E-state index < -0.39 is 0 Å². The third kappa shape index (κ3) is 1.95. The number of halogens is 1. The molecular formula is C15H11FN4O2. The molecule has 110 valence electrons. The van der Waals surface area contributed by atoms with Crippen molar-refractivity contribution in [1.82, 2.24) is 15.0 Å². The SMILES string of the molecule is Nc1c(-c2ccc3c(c2)OCO3)nnn1-c1ccc(F)cc1. The van der Waals surface area contributed by atoms with Crippen molar-refractivity contribution in [2.75, 3.05) is 12.5 Å². The molecule has 2 heterocycles. The summed E-state index contributed by atoms with van der Waals surface area (Å²) in [6.07, 6.45) is 0. The zero-order valence-electron chi connectivity index (χ0n) is 11.4. The van der Waals surface area contributed by atoms with E-state index in [4.69, 9.17) is 15.2 Å². The fourth-order valence-corrected chi connectivity index (χ4v) is 2.31. The fraction of sp³-hybridized carbons (Fsp3) is 0.0667. The molecule has 0 bridgehead atoms. The molecule has 22 heavy (non-hydrogen) atoms. The predicted octanol–water partition coefficient (Wildman–Crippen LogP) is 2.38. The molecule has 0 unspecified atom stereocenters. The van der Waals surface area contributed by atoms with Gasteiger partial charge in [0.25, 0.3) is 0 Å². The number of benzene rings is 2. The smallest absolute Gasteiger partial charge is 0.231 e. The van der Waals surface area contributed by atoms with Gasteiger partial charge < -0.3 is 15.2 Å². The van der Waals surface area contributed by atoms with Crippen LogP contribution in [0.2, 0.25) is 0 Å². The Labute approximate surface area is 124 Å². The first kappa shape index (κ1) is 12.6. The minimum absolute atomic E-state index is 0.205. The van der Waals surface area contributed by atoms with E-state index in [-0.39, 0.29) is 12.6 Å². The molecular weight excluding hydrogens is 287 g/mol. The highest BCUT2D eigenvalue weighted by atomic mass is 19.1. The van der Waals surface area contributed by atoms with Gasteiger partial charge in [0.1, 0.15) is 11.5 Å². The van der Waals surface area contributed by atoms with Crippen molar-refractivity contribution >= 4 is 5.82 Å². The van der Waals surface area contributed by atoms with Gasteiger partial charge in [0.2, 0.25) is 6.79 Å². The Hall–Kier alpha value is -3.09. The van der Waals surface area contributed by atoms with E-state index in [1.165, 1.54) is 16.8 Å². The Bertz CT molecular complexity index is 845. The lowest BCUT2D eigenvalue weighted by molar-refractivity contribution is 0.174. The largest absolute Gasteiger partial charge is 0.454 e. The molecule has 2 aromatic carbocycles. The molecule has 0 atom stereocenters. The van der Waals surface area contributed by atoms with E-state index in [0.29, 0.717) is 28.7 Å². The molecule has 4 rings (SSSR count). The van der Waals surface area contributed by atoms with Gasteiger partial charge in [0.05, 0.1) is 5.69 Å². The van der Waals surface area contributed by atoms with E-state index in [1.807, 2.05) is 6.07 Å². The molecule has 0 aliphatic carbocycles. The summed E-state index contributed by atoms with van der Waals surface area (Å²) in [5, 5.41) is 8.14. The van der Waals surface area contributed by atoms with Crippen molar-refractivity contribution in [2.45, 2.75) is 0 Å². The summed E-state index contributed by atoms with van der Waals surface area (Å²) in [7, 11) is 0. The Morgan fingerprint density at radius 3 is 2.64 bits per heavy atom. The molecule has 3 aromatic rings. The lowest BCUT2D eigenvalue weighted by Gasteiger charge is -2.04. The average molecular weight is 298 g/mol. The third-order valence-corrected chi connectivity index (χ3v) is 3.42. The maximum Gasteiger partial charge on any atom is 0.231 e. The molecule has 0 saturated carbocycles. The van der Waals surface area contributed by atoms with Crippen molar-refractivity contribution < 1.29 is 13.9 Å². The summed E-state index contributed by atoms with van der Waals surface area (Å²) in [6, 6.07) is 11.3. The van der Waals surface area contributed by atoms with Gasteiger partial charge in [-0.3, -0.25) is 0 Å². The second-order valence-corrected chi connectivity index (χ2v) is 4.78. The van der Waals surface area contributed by atoms with Gasteiger partial charge in [-0.1, -0.05) is 5.21 Å². The number of aromatic nitrogens is 3. The van der Waals surface area contributed by atoms with Crippen LogP contribution < -0.4 is 15.2 Å². The Morgan fingerprint density at radius 1 is 1.05 bits per heavy atom. The van der Waals surface area contributed by atoms with Crippen LogP contribution in [0.3, 0.4) is 0 Å². The number of nitrogens with two attached hydrogens (primary N) is 1. The quantitative estimate of drug-likeness (QED) is 0.786. The van der Waals surface area contributed by atoms with Crippen molar-refractivity contribution in [3.63, 3.8) is 0 Å². The van der Waals surface area contributed by atoms with Crippen LogP contribution in [0.1, 0.15) is 0 Å². The number of fused-ring (bicyclic) bond motifs is 1. The van der Waals surface area contributed by atoms with E-state index in [1.54, 1.807) is 24.3 Å². The average Bonchev–Trinajstić information content (AvgIpc) is 3.14. The van der Waals surface area contributed by atoms with Crippen molar-refractivity contribution in [3.05, 3.63) is 48.3 Å². The molecule has 0 radical (unpaired) electrons. The highest BCUT2D eigenvalue weighted by Crippen LogP contribution is 2.36. The van der Waals surface area contributed by atoms with Crippen LogP contribution in [-0.2, 0) is 0 Å². The highest BCUT2D eigenvalue weighted by Gasteiger charge is 2.18. The van der Waals surface area contributed by atoms with Crippen LogP contribution in [0, 0.1) is 5.82 Å². The first-order chi connectivity index (χ1) is 10.7. The molecule has 1 aromatic heterocycles. The van der Waals surface area contributed by atoms with Gasteiger partial charge in [-0.15, -0.1) is 5.10 Å². The highest BCUT2D eigenvalue weighted by molar-refractivity contribution is 5.73. The zero-order chi connectivity index (χ0) is 15.1. The molecule has 0 spiro atoms. The normalized spacial score (nSPS) is 12.6. The van der Waals surface area contributed by atoms with Gasteiger partial charge in [-0.05, 0) is 42.5 Å². The summed E-state index contributed by atoms with van der Waals surface area (Å²) in [4.78, 5) is 0. The van der Waals surface area contributed by atoms with Gasteiger partial charge in [0, 0.05) is 5.56 Å². The van der Waals surface area contributed by atoms with Gasteiger partial charge in [-0.2, -0.15) is 4.68 Å². The Morgan fingerprint density at radius 2 is 1.82 bits per heavy atom. The number of nitrogen functional groups attached to an aromatic ring is 1. The maximum atomic E-state index is 13.0. The topological polar surface area (TPSA) is 75.2 Å². The van der Waals surface area contributed by atoms with Crippen LogP contribution in [0.4, 0.5) is 10.2 Å². The van der Waals surface area contributed by atoms with Crippen LogP contribution in [-0.4, -0.2) is 21.8 Å². The van der Waals surface area contributed by atoms with Crippen LogP contribution in [0.25, 0.3) is 16.9 Å². The summed E-state index contributed by atoms with van der Waals surface area (Å²) >= 11 is 0. The molecule has 0 amide bonds. The van der Waals surface area contributed by atoms with E-state index in [9.17, 15) is 4.39 Å². The Kier molecular flexibility index (Phi) is 2.72. The molecule has 2 N–H and O–H groups in total. The molecule has 0 fully saturated rings. The number of hydrogen-bond donors (Lipinski definition) is 1. The van der Waals surface area contributed by atoms with Gasteiger partial charge in [-0.25, -0.2) is 4.39 Å². The zero-order valence-corrected chi connectivity index (χ0v) is 11.4. The molecule has 7 heteroatoms. The minimum Gasteiger partial charge on any atom is -0.454 e. The van der Waals surface area contributed by atoms with E-state index >= 15 is 0 Å². The maximum absolute atomic E-state index is 13.0. The fourth-order valence-electron chi connectivity index (χ4n) is 2.31. The molecule has 6 nitrogen and oxygen atoms in total. The van der Waals surface area contributed by atoms with Crippen LogP contribution >= 0.6 is 0 Å². The number of nitrogens with zero attached hydrogens (tertiary/aromatic N) is 3. The number of rotatable bonds is 2. The van der Waals surface area contributed by atoms with E-state index in [2.05, 4.69) is 10.3 Å². The summed E-state index contributed by atoms with van der Waals surface area (Å²) in [5.41, 5.74) is 8.06. The minimum atomic E-state index is -0.321. The standard InChI is InChI=1S/C15H11FN4O2/c16-10-2-4-11(5-3-10)20-15(17)14(18-19-20)9-1-6-12-13(7-9)22-8-21-12/h1-7H,8,17H2. The predicted molar refractivity (Wildman–Crippen MR) is 77.3 cm³/mol. The first-order valence-corrected chi connectivity index (χ1v) is 6.59. The lowest BCUT2D eigenvalue weighted by atomic mass is 10.1. The van der Waals surface area contributed by atoms with Crippen molar-refractivity contribution in [2.24, 2.45) is 0 Å². The van der Waals surface area contributed by atoms with E-state index in [0.717, 1.165) is 5.56 Å². The van der Waals surface area contributed by atoms with Gasteiger partial charge >= 0.3 is 0 Å². The molecule has 1 aliphatic rings. The second-order valence-electron chi connectivity index (χ2n) is 4.78. The van der Waals surface area contributed by atoms with Crippen molar-refractivity contribution in [3.8, 4) is 28.4 Å². The first-order valence-electron chi connectivity index (χ1n) is 6.59. The van der Waals surface area contributed by atoms with Gasteiger partial charge in [0.15, 0.2) is 17.3 Å². The summed E-state index contributed by atoms with van der Waals surface area (Å²) in [5.74, 6) is 1.38. The molecule has 1 aliphatic heterocycles. The number of anilines is 1.